The molecule has 2 aromatic carbocycles. The summed E-state index contributed by atoms with van der Waals surface area (Å²) in [6, 6.07) is 11.9. The van der Waals surface area contributed by atoms with Gasteiger partial charge in [-0.3, -0.25) is 14.9 Å². The minimum Gasteiger partial charge on any atom is -0.493 e. The Hall–Kier alpha value is -2.49. The zero-order valence-electron chi connectivity index (χ0n) is 16.8. The standard InChI is InChI=1S/C21H24BrN3O4S/c1-3-29-18-10-7-15(13-17(18)22)20(27)25-21(30)24-16-8-5-14(6-9-16)19(26)23-11-4-12-28-2/h5-10,13H,3-4,11-12H2,1-2H3,(H,23,26)(H2,24,25,27,30). The van der Waals surface area contributed by atoms with E-state index in [4.69, 9.17) is 21.7 Å². The van der Waals surface area contributed by atoms with Crippen molar-refractivity contribution in [3.05, 3.63) is 58.1 Å². The molecule has 7 nitrogen and oxygen atoms in total. The molecule has 0 radical (unpaired) electrons. The van der Waals surface area contributed by atoms with Crippen LogP contribution in [0.2, 0.25) is 0 Å². The van der Waals surface area contributed by atoms with Crippen LogP contribution in [0.25, 0.3) is 0 Å². The quantitative estimate of drug-likeness (QED) is 0.364. The fourth-order valence-corrected chi connectivity index (χ4v) is 3.18. The molecular weight excluding hydrogens is 470 g/mol. The van der Waals surface area contributed by atoms with Crippen molar-refractivity contribution in [1.82, 2.24) is 10.6 Å². The second-order valence-electron chi connectivity index (χ2n) is 6.17. The molecule has 0 aromatic heterocycles. The molecule has 0 aliphatic carbocycles. The highest BCUT2D eigenvalue weighted by Gasteiger charge is 2.11. The Bertz CT molecular complexity index is 890. The molecule has 0 unspecified atom stereocenters. The van der Waals surface area contributed by atoms with Gasteiger partial charge in [-0.25, -0.2) is 0 Å². The molecule has 3 N–H and O–H groups in total. The molecule has 9 heteroatoms. The lowest BCUT2D eigenvalue weighted by molar-refractivity contribution is 0.0946. The first-order valence-electron chi connectivity index (χ1n) is 9.36. The predicted molar refractivity (Wildman–Crippen MR) is 124 cm³/mol. The Balaban J connectivity index is 1.87. The van der Waals surface area contributed by atoms with Gasteiger partial charge in [-0.1, -0.05) is 0 Å². The van der Waals surface area contributed by atoms with Crippen molar-refractivity contribution in [2.45, 2.75) is 13.3 Å². The Morgan fingerprint density at radius 2 is 1.77 bits per heavy atom. The maximum absolute atomic E-state index is 12.4. The fourth-order valence-electron chi connectivity index (χ4n) is 2.48. The molecule has 0 fully saturated rings. The molecule has 0 aliphatic rings. The number of amides is 2. The van der Waals surface area contributed by atoms with E-state index >= 15 is 0 Å². The Kier molecular flexibility index (Phi) is 9.72. The van der Waals surface area contributed by atoms with Crippen LogP contribution in [0.1, 0.15) is 34.1 Å². The average Bonchev–Trinajstić information content (AvgIpc) is 2.73. The normalized spacial score (nSPS) is 10.2. The second kappa shape index (κ2) is 12.3. The number of halogens is 1. The highest BCUT2D eigenvalue weighted by atomic mass is 79.9. The number of hydrogen-bond donors (Lipinski definition) is 3. The molecule has 0 heterocycles. The van der Waals surface area contributed by atoms with Crippen LogP contribution in [-0.2, 0) is 4.74 Å². The van der Waals surface area contributed by atoms with Crippen LogP contribution < -0.4 is 20.7 Å². The minimum atomic E-state index is -0.344. The highest BCUT2D eigenvalue weighted by Crippen LogP contribution is 2.26. The Labute approximate surface area is 189 Å². The van der Waals surface area contributed by atoms with E-state index in [9.17, 15) is 9.59 Å². The first-order chi connectivity index (χ1) is 14.4. The van der Waals surface area contributed by atoms with Crippen LogP contribution in [0, 0.1) is 0 Å². The zero-order valence-corrected chi connectivity index (χ0v) is 19.2. The van der Waals surface area contributed by atoms with Crippen LogP contribution in [0.15, 0.2) is 46.9 Å². The number of rotatable bonds is 9. The van der Waals surface area contributed by atoms with Crippen molar-refractivity contribution >= 4 is 50.8 Å². The number of benzene rings is 2. The third-order valence-corrected chi connectivity index (χ3v) is 4.76. The van der Waals surface area contributed by atoms with Gasteiger partial charge in [-0.05, 0) is 84.0 Å². The van der Waals surface area contributed by atoms with Crippen LogP contribution in [0.4, 0.5) is 5.69 Å². The number of methoxy groups -OCH3 is 1. The average molecular weight is 494 g/mol. The fraction of sp³-hybridized carbons (Fsp3) is 0.286. The van der Waals surface area contributed by atoms with Crippen LogP contribution in [-0.4, -0.2) is 43.8 Å². The summed E-state index contributed by atoms with van der Waals surface area (Å²) in [7, 11) is 1.62. The SMILES string of the molecule is CCOc1ccc(C(=O)NC(=S)Nc2ccc(C(=O)NCCCOC)cc2)cc1Br. The zero-order chi connectivity index (χ0) is 21.9. The molecule has 0 saturated heterocycles. The molecule has 2 aromatic rings. The van der Waals surface area contributed by atoms with Crippen molar-refractivity contribution in [2.24, 2.45) is 0 Å². The minimum absolute atomic E-state index is 0.154. The monoisotopic (exact) mass is 493 g/mol. The largest absolute Gasteiger partial charge is 0.493 e. The van der Waals surface area contributed by atoms with Crippen LogP contribution in [0.3, 0.4) is 0 Å². The molecular formula is C21H24BrN3O4S. The smallest absolute Gasteiger partial charge is 0.257 e. The van der Waals surface area contributed by atoms with E-state index in [1.165, 1.54) is 0 Å². The Morgan fingerprint density at radius 3 is 2.40 bits per heavy atom. The van der Waals surface area contributed by atoms with E-state index in [1.807, 2.05) is 6.92 Å². The summed E-state index contributed by atoms with van der Waals surface area (Å²) in [4.78, 5) is 24.5. The van der Waals surface area contributed by atoms with Gasteiger partial charge in [0.2, 0.25) is 0 Å². The maximum atomic E-state index is 12.4. The van der Waals surface area contributed by atoms with Gasteiger partial charge in [0.1, 0.15) is 5.75 Å². The van der Waals surface area contributed by atoms with Gasteiger partial charge in [-0.15, -0.1) is 0 Å². The van der Waals surface area contributed by atoms with Gasteiger partial charge in [0, 0.05) is 37.1 Å². The number of carbonyl (C=O) groups is 2. The number of hydrogen-bond acceptors (Lipinski definition) is 5. The van der Waals surface area contributed by atoms with E-state index < -0.39 is 0 Å². The Morgan fingerprint density at radius 1 is 1.07 bits per heavy atom. The highest BCUT2D eigenvalue weighted by molar-refractivity contribution is 9.10. The van der Waals surface area contributed by atoms with Crippen molar-refractivity contribution in [3.8, 4) is 5.75 Å². The molecule has 2 amide bonds. The van der Waals surface area contributed by atoms with Gasteiger partial charge in [0.15, 0.2) is 5.11 Å². The lowest BCUT2D eigenvalue weighted by Crippen LogP contribution is -2.34. The van der Waals surface area contributed by atoms with Crippen LogP contribution in [0.5, 0.6) is 5.75 Å². The summed E-state index contributed by atoms with van der Waals surface area (Å²) in [5.41, 5.74) is 1.63. The van der Waals surface area contributed by atoms with E-state index in [-0.39, 0.29) is 16.9 Å². The van der Waals surface area contributed by atoms with Crippen molar-refractivity contribution in [1.29, 1.82) is 0 Å². The van der Waals surface area contributed by atoms with Gasteiger partial charge in [-0.2, -0.15) is 0 Å². The third kappa shape index (κ3) is 7.40. The van der Waals surface area contributed by atoms with Crippen LogP contribution >= 0.6 is 28.1 Å². The van der Waals surface area contributed by atoms with Gasteiger partial charge >= 0.3 is 0 Å². The number of anilines is 1. The van der Waals surface area contributed by atoms with Gasteiger partial charge in [0.25, 0.3) is 11.8 Å². The van der Waals surface area contributed by atoms with E-state index in [0.29, 0.717) is 46.8 Å². The number of ether oxygens (including phenoxy) is 2. The molecule has 0 bridgehead atoms. The van der Waals surface area contributed by atoms with E-state index in [1.54, 1.807) is 49.6 Å². The molecule has 0 aliphatic heterocycles. The maximum Gasteiger partial charge on any atom is 0.257 e. The first kappa shape index (κ1) is 23.8. The molecule has 0 atom stereocenters. The number of carbonyl (C=O) groups excluding carboxylic acids is 2. The second-order valence-corrected chi connectivity index (χ2v) is 7.43. The molecule has 160 valence electrons. The molecule has 30 heavy (non-hydrogen) atoms. The first-order valence-corrected chi connectivity index (χ1v) is 10.6. The topological polar surface area (TPSA) is 88.7 Å². The van der Waals surface area contributed by atoms with E-state index in [0.717, 1.165) is 6.42 Å². The van der Waals surface area contributed by atoms with Gasteiger partial charge < -0.3 is 20.1 Å². The van der Waals surface area contributed by atoms with Gasteiger partial charge in [0.05, 0.1) is 11.1 Å². The third-order valence-electron chi connectivity index (χ3n) is 3.94. The van der Waals surface area contributed by atoms with E-state index in [2.05, 4.69) is 31.9 Å². The number of thiocarbonyl (C=S) groups is 1. The summed E-state index contributed by atoms with van der Waals surface area (Å²) in [5, 5.41) is 8.53. The summed E-state index contributed by atoms with van der Waals surface area (Å²) in [5.74, 6) is 0.162. The lowest BCUT2D eigenvalue weighted by atomic mass is 10.2. The van der Waals surface area contributed by atoms with Crippen molar-refractivity contribution in [3.63, 3.8) is 0 Å². The van der Waals surface area contributed by atoms with Crippen molar-refractivity contribution in [2.75, 3.05) is 32.2 Å². The van der Waals surface area contributed by atoms with Crippen molar-refractivity contribution < 1.29 is 19.1 Å². The summed E-state index contributed by atoms with van der Waals surface area (Å²) < 4.78 is 11.1. The summed E-state index contributed by atoms with van der Waals surface area (Å²) >= 11 is 8.59. The summed E-state index contributed by atoms with van der Waals surface area (Å²) in [6.07, 6.45) is 0.751. The molecule has 2 rings (SSSR count). The lowest BCUT2D eigenvalue weighted by Gasteiger charge is -2.11. The molecule has 0 spiro atoms. The molecule has 0 saturated carbocycles. The predicted octanol–water partition coefficient (Wildman–Crippen LogP) is 3.74. The number of nitrogens with one attached hydrogen (secondary N) is 3. The summed E-state index contributed by atoms with van der Waals surface area (Å²) in [6.45, 7) is 3.57.